The van der Waals surface area contributed by atoms with Crippen molar-refractivity contribution in [1.29, 1.82) is 0 Å². The van der Waals surface area contributed by atoms with Gasteiger partial charge in [0.05, 0.1) is 19.6 Å². The summed E-state index contributed by atoms with van der Waals surface area (Å²) in [4.78, 5) is 12.8. The fourth-order valence-electron chi connectivity index (χ4n) is 2.19. The summed E-state index contributed by atoms with van der Waals surface area (Å²) in [6, 6.07) is 4.69. The molecule has 1 aromatic carbocycles. The fraction of sp³-hybridized carbons (Fsp3) is 0.462. The molecule has 0 saturated carbocycles. The number of phenols is 1. The third-order valence-electron chi connectivity index (χ3n) is 3.17. The van der Waals surface area contributed by atoms with E-state index in [1.807, 2.05) is 4.90 Å². The Morgan fingerprint density at radius 2 is 2.32 bits per heavy atom. The molecule has 1 heterocycles. The first-order valence-corrected chi connectivity index (χ1v) is 6.45. The molecule has 0 spiro atoms. The second-order valence-corrected chi connectivity index (χ2v) is 5.01. The SMILES string of the molecule is O=C(O)CC1COCCN1Cc1cc(Cl)ccc1O. The number of rotatable bonds is 4. The van der Waals surface area contributed by atoms with Crippen LogP contribution < -0.4 is 0 Å². The van der Waals surface area contributed by atoms with Gasteiger partial charge in [-0.25, -0.2) is 0 Å². The maximum Gasteiger partial charge on any atom is 0.305 e. The minimum absolute atomic E-state index is 0.0291. The van der Waals surface area contributed by atoms with Crippen LogP contribution in [0, 0.1) is 0 Å². The van der Waals surface area contributed by atoms with Gasteiger partial charge in [0.1, 0.15) is 5.75 Å². The quantitative estimate of drug-likeness (QED) is 0.881. The van der Waals surface area contributed by atoms with Gasteiger partial charge in [-0.05, 0) is 18.2 Å². The molecule has 0 aliphatic carbocycles. The maximum absolute atomic E-state index is 10.8. The number of morpholine rings is 1. The van der Waals surface area contributed by atoms with Gasteiger partial charge in [-0.15, -0.1) is 0 Å². The van der Waals surface area contributed by atoms with Gasteiger partial charge in [-0.3, -0.25) is 9.69 Å². The normalized spacial score (nSPS) is 20.4. The first kappa shape index (κ1) is 14.1. The molecule has 1 saturated heterocycles. The van der Waals surface area contributed by atoms with Crippen molar-refractivity contribution in [2.75, 3.05) is 19.8 Å². The van der Waals surface area contributed by atoms with Crippen molar-refractivity contribution < 1.29 is 19.7 Å². The Hall–Kier alpha value is -1.30. The van der Waals surface area contributed by atoms with Crippen molar-refractivity contribution in [3.63, 3.8) is 0 Å². The van der Waals surface area contributed by atoms with Gasteiger partial charge >= 0.3 is 5.97 Å². The molecule has 1 fully saturated rings. The molecule has 2 rings (SSSR count). The van der Waals surface area contributed by atoms with E-state index in [4.69, 9.17) is 21.4 Å². The van der Waals surface area contributed by atoms with Gasteiger partial charge in [0.2, 0.25) is 0 Å². The average Bonchev–Trinajstić information content (AvgIpc) is 2.35. The number of phenolic OH excluding ortho intramolecular Hbond substituents is 1. The molecular weight excluding hydrogens is 270 g/mol. The summed E-state index contributed by atoms with van der Waals surface area (Å²) >= 11 is 5.91. The van der Waals surface area contributed by atoms with Gasteiger partial charge in [0.25, 0.3) is 0 Å². The van der Waals surface area contributed by atoms with E-state index in [-0.39, 0.29) is 18.2 Å². The van der Waals surface area contributed by atoms with Gasteiger partial charge in [-0.2, -0.15) is 0 Å². The zero-order valence-corrected chi connectivity index (χ0v) is 11.1. The lowest BCUT2D eigenvalue weighted by Gasteiger charge is -2.34. The first-order valence-electron chi connectivity index (χ1n) is 6.07. The van der Waals surface area contributed by atoms with E-state index >= 15 is 0 Å². The Bertz CT molecular complexity index is 466. The second kappa shape index (κ2) is 6.23. The molecule has 0 amide bonds. The number of ether oxygens (including phenoxy) is 1. The molecule has 6 heteroatoms. The van der Waals surface area contributed by atoms with Crippen LogP contribution in [0.15, 0.2) is 18.2 Å². The molecule has 1 aliphatic heterocycles. The van der Waals surface area contributed by atoms with Crippen LogP contribution in [0.2, 0.25) is 5.02 Å². The second-order valence-electron chi connectivity index (χ2n) is 4.57. The molecule has 1 aromatic rings. The van der Waals surface area contributed by atoms with Crippen LogP contribution >= 0.6 is 11.6 Å². The standard InChI is InChI=1S/C13H16ClNO4/c14-10-1-2-12(16)9(5-10)7-15-3-4-19-8-11(15)6-13(17)18/h1-2,5,11,16H,3-4,6-8H2,(H,17,18). The number of carbonyl (C=O) groups is 1. The van der Waals surface area contributed by atoms with Crippen molar-refractivity contribution in [2.45, 2.75) is 19.0 Å². The summed E-state index contributed by atoms with van der Waals surface area (Å²) in [5.74, 6) is -0.680. The summed E-state index contributed by atoms with van der Waals surface area (Å²) < 4.78 is 5.31. The van der Waals surface area contributed by atoms with E-state index in [9.17, 15) is 9.90 Å². The van der Waals surface area contributed by atoms with Gasteiger partial charge in [0, 0.05) is 29.7 Å². The number of benzene rings is 1. The number of aliphatic carboxylic acids is 1. The zero-order valence-electron chi connectivity index (χ0n) is 10.4. The average molecular weight is 286 g/mol. The topological polar surface area (TPSA) is 70.0 Å². The molecule has 0 aromatic heterocycles. The predicted octanol–water partition coefficient (Wildman–Crippen LogP) is 1.72. The molecule has 104 valence electrons. The van der Waals surface area contributed by atoms with E-state index in [1.54, 1.807) is 18.2 Å². The molecule has 1 atom stereocenters. The minimum Gasteiger partial charge on any atom is -0.508 e. The Kier molecular flexibility index (Phi) is 4.63. The van der Waals surface area contributed by atoms with Crippen LogP contribution in [0.25, 0.3) is 0 Å². The van der Waals surface area contributed by atoms with Crippen LogP contribution in [0.3, 0.4) is 0 Å². The van der Waals surface area contributed by atoms with Crippen molar-refractivity contribution >= 4 is 17.6 Å². The number of carboxylic acids is 1. The van der Waals surface area contributed by atoms with Crippen LogP contribution in [-0.2, 0) is 16.1 Å². The molecule has 5 nitrogen and oxygen atoms in total. The highest BCUT2D eigenvalue weighted by atomic mass is 35.5. The van der Waals surface area contributed by atoms with Crippen molar-refractivity contribution in [2.24, 2.45) is 0 Å². The summed E-state index contributed by atoms with van der Waals surface area (Å²) in [5, 5.41) is 19.2. The first-order chi connectivity index (χ1) is 9.06. The van der Waals surface area contributed by atoms with Crippen LogP contribution in [0.1, 0.15) is 12.0 Å². The third-order valence-corrected chi connectivity index (χ3v) is 3.41. The predicted molar refractivity (Wildman–Crippen MR) is 70.4 cm³/mol. The molecule has 0 radical (unpaired) electrons. The Morgan fingerprint density at radius 1 is 1.53 bits per heavy atom. The summed E-state index contributed by atoms with van der Waals surface area (Å²) in [6.45, 7) is 2.07. The van der Waals surface area contributed by atoms with E-state index in [0.29, 0.717) is 36.9 Å². The highest BCUT2D eigenvalue weighted by molar-refractivity contribution is 6.30. The number of hydrogen-bond donors (Lipinski definition) is 2. The van der Waals surface area contributed by atoms with Crippen LogP contribution in [-0.4, -0.2) is 46.9 Å². The summed E-state index contributed by atoms with van der Waals surface area (Å²) in [6.07, 6.45) is 0.0291. The van der Waals surface area contributed by atoms with Crippen molar-refractivity contribution in [1.82, 2.24) is 4.90 Å². The number of aromatic hydroxyl groups is 1. The van der Waals surface area contributed by atoms with E-state index < -0.39 is 5.97 Å². The summed E-state index contributed by atoms with van der Waals surface area (Å²) in [5.41, 5.74) is 0.699. The van der Waals surface area contributed by atoms with E-state index in [0.717, 1.165) is 0 Å². The molecule has 1 unspecified atom stereocenters. The monoisotopic (exact) mass is 285 g/mol. The molecule has 0 bridgehead atoms. The minimum atomic E-state index is -0.851. The molecule has 19 heavy (non-hydrogen) atoms. The third kappa shape index (κ3) is 3.83. The lowest BCUT2D eigenvalue weighted by Crippen LogP contribution is -2.45. The molecule has 1 aliphatic rings. The molecule has 2 N–H and O–H groups in total. The fourth-order valence-corrected chi connectivity index (χ4v) is 2.38. The highest BCUT2D eigenvalue weighted by Gasteiger charge is 2.25. The van der Waals surface area contributed by atoms with Crippen LogP contribution in [0.4, 0.5) is 0 Å². The van der Waals surface area contributed by atoms with E-state index in [2.05, 4.69) is 0 Å². The number of hydrogen-bond acceptors (Lipinski definition) is 4. The highest BCUT2D eigenvalue weighted by Crippen LogP contribution is 2.24. The van der Waals surface area contributed by atoms with Gasteiger partial charge in [-0.1, -0.05) is 11.6 Å². The Morgan fingerprint density at radius 3 is 3.05 bits per heavy atom. The Balaban J connectivity index is 2.10. The van der Waals surface area contributed by atoms with E-state index in [1.165, 1.54) is 0 Å². The van der Waals surface area contributed by atoms with Crippen molar-refractivity contribution in [3.8, 4) is 5.75 Å². The summed E-state index contributed by atoms with van der Waals surface area (Å²) in [7, 11) is 0. The van der Waals surface area contributed by atoms with Crippen LogP contribution in [0.5, 0.6) is 5.75 Å². The zero-order chi connectivity index (χ0) is 13.8. The lowest BCUT2D eigenvalue weighted by molar-refractivity contribution is -0.140. The number of nitrogens with zero attached hydrogens (tertiary/aromatic N) is 1. The molecular formula is C13H16ClNO4. The van der Waals surface area contributed by atoms with Gasteiger partial charge in [0.15, 0.2) is 0 Å². The van der Waals surface area contributed by atoms with Crippen molar-refractivity contribution in [3.05, 3.63) is 28.8 Å². The smallest absolute Gasteiger partial charge is 0.305 e. The van der Waals surface area contributed by atoms with Gasteiger partial charge < -0.3 is 14.9 Å². The largest absolute Gasteiger partial charge is 0.508 e. The number of halogens is 1. The lowest BCUT2D eigenvalue weighted by atomic mass is 10.1. The number of carboxylic acid groups (broad SMARTS) is 1. The Labute approximate surface area is 116 Å². The maximum atomic E-state index is 10.8.